The molecule has 2 rings (SSSR count). The number of nitrogens with zero attached hydrogens (tertiary/aromatic N) is 2. The van der Waals surface area contributed by atoms with Crippen LogP contribution in [0.25, 0.3) is 0 Å². The fraction of sp³-hybridized carbons (Fsp3) is 0.526. The molecule has 0 atom stereocenters. The lowest BCUT2D eigenvalue weighted by molar-refractivity contribution is -0.136. The summed E-state index contributed by atoms with van der Waals surface area (Å²) in [6, 6.07) is 7.40. The van der Waals surface area contributed by atoms with E-state index in [1.54, 1.807) is 6.07 Å². The molecule has 1 saturated heterocycles. The van der Waals surface area contributed by atoms with Crippen molar-refractivity contribution in [2.24, 2.45) is 5.92 Å². The minimum absolute atomic E-state index is 0.134. The second kappa shape index (κ2) is 8.16. The third-order valence-corrected chi connectivity index (χ3v) is 4.41. The molecule has 1 aromatic rings. The molecule has 0 radical (unpaired) electrons. The summed E-state index contributed by atoms with van der Waals surface area (Å²) in [6.07, 6.45) is 1.81. The summed E-state index contributed by atoms with van der Waals surface area (Å²) in [5.41, 5.74) is 2.15. The highest BCUT2D eigenvalue weighted by molar-refractivity contribution is 5.79. The van der Waals surface area contributed by atoms with Crippen LogP contribution in [0.1, 0.15) is 32.3 Å². The van der Waals surface area contributed by atoms with E-state index >= 15 is 0 Å². The van der Waals surface area contributed by atoms with Crippen LogP contribution in [0.5, 0.6) is 5.75 Å². The topological polar surface area (TPSA) is 43.8 Å². The molecule has 0 aliphatic carbocycles. The normalized spacial score (nSPS) is 16.3. The van der Waals surface area contributed by atoms with E-state index in [0.717, 1.165) is 50.2 Å². The molecule has 1 N–H and O–H groups in total. The number of likely N-dealkylation sites (tertiary alicyclic amines) is 1. The number of carbonyl (C=O) groups is 1. The number of phenols is 1. The van der Waals surface area contributed by atoms with E-state index in [2.05, 4.69) is 11.5 Å². The van der Waals surface area contributed by atoms with Gasteiger partial charge < -0.3 is 10.0 Å². The van der Waals surface area contributed by atoms with Crippen molar-refractivity contribution in [3.63, 3.8) is 0 Å². The van der Waals surface area contributed by atoms with Gasteiger partial charge in [0, 0.05) is 25.6 Å². The lowest BCUT2D eigenvalue weighted by atomic mass is 9.94. The summed E-state index contributed by atoms with van der Waals surface area (Å²) >= 11 is 0. The summed E-state index contributed by atoms with van der Waals surface area (Å²) in [4.78, 5) is 16.9. The molecule has 1 fully saturated rings. The fourth-order valence-corrected chi connectivity index (χ4v) is 3.18. The monoisotopic (exact) mass is 316 g/mol. The molecule has 4 heteroatoms. The lowest BCUT2D eigenvalue weighted by Crippen LogP contribution is -2.42. The first-order chi connectivity index (χ1) is 11.0. The molecule has 1 aliphatic heterocycles. The number of piperidine rings is 1. The second-order valence-electron chi connectivity index (χ2n) is 6.53. The summed E-state index contributed by atoms with van der Waals surface area (Å²) in [5, 5.41) is 9.54. The minimum atomic E-state index is 0.134. The highest BCUT2D eigenvalue weighted by atomic mass is 16.3. The quantitative estimate of drug-likeness (QED) is 0.821. The van der Waals surface area contributed by atoms with Gasteiger partial charge in [-0.2, -0.15) is 0 Å². The molecule has 0 bridgehead atoms. The zero-order valence-electron chi connectivity index (χ0n) is 14.3. The smallest absolute Gasteiger partial charge is 0.226 e. The van der Waals surface area contributed by atoms with Gasteiger partial charge in [0.15, 0.2) is 0 Å². The van der Waals surface area contributed by atoms with Crippen molar-refractivity contribution in [3.8, 4) is 5.75 Å². The van der Waals surface area contributed by atoms with Gasteiger partial charge in [0.1, 0.15) is 5.75 Å². The highest BCUT2D eigenvalue weighted by Gasteiger charge is 2.27. The summed E-state index contributed by atoms with van der Waals surface area (Å²) in [5.74, 6) is 0.716. The van der Waals surface area contributed by atoms with Gasteiger partial charge in [-0.15, -0.1) is 0 Å². The first-order valence-electron chi connectivity index (χ1n) is 8.43. The van der Waals surface area contributed by atoms with Crippen LogP contribution < -0.4 is 0 Å². The summed E-state index contributed by atoms with van der Waals surface area (Å²) in [7, 11) is 0. The van der Waals surface area contributed by atoms with Crippen molar-refractivity contribution < 1.29 is 9.90 Å². The Labute approximate surface area is 139 Å². The number of hydrogen-bond donors (Lipinski definition) is 1. The zero-order chi connectivity index (χ0) is 16.8. The van der Waals surface area contributed by atoms with Gasteiger partial charge >= 0.3 is 0 Å². The predicted octanol–water partition coefficient (Wildman–Crippen LogP) is 3.03. The number of carbonyl (C=O) groups excluding carboxylic acids is 1. The molecule has 1 heterocycles. The van der Waals surface area contributed by atoms with Crippen LogP contribution in [0.2, 0.25) is 0 Å². The number of benzene rings is 1. The van der Waals surface area contributed by atoms with Gasteiger partial charge in [0.05, 0.1) is 0 Å². The van der Waals surface area contributed by atoms with Crippen LogP contribution in [-0.2, 0) is 11.3 Å². The molecule has 1 amide bonds. The van der Waals surface area contributed by atoms with Gasteiger partial charge in [0.2, 0.25) is 5.91 Å². The Morgan fingerprint density at radius 3 is 2.65 bits per heavy atom. The van der Waals surface area contributed by atoms with Crippen LogP contribution in [-0.4, -0.2) is 47.0 Å². The van der Waals surface area contributed by atoms with Gasteiger partial charge in [-0.05, 0) is 57.5 Å². The minimum Gasteiger partial charge on any atom is -0.508 e. The highest BCUT2D eigenvalue weighted by Crippen LogP contribution is 2.22. The Morgan fingerprint density at radius 2 is 2.09 bits per heavy atom. The van der Waals surface area contributed by atoms with E-state index in [0.29, 0.717) is 12.3 Å². The predicted molar refractivity (Wildman–Crippen MR) is 93.2 cm³/mol. The summed E-state index contributed by atoms with van der Waals surface area (Å²) < 4.78 is 0. The number of rotatable bonds is 6. The van der Waals surface area contributed by atoms with E-state index in [1.807, 2.05) is 36.9 Å². The van der Waals surface area contributed by atoms with Crippen molar-refractivity contribution >= 4 is 5.91 Å². The number of hydrogen-bond acceptors (Lipinski definition) is 3. The Morgan fingerprint density at radius 1 is 1.39 bits per heavy atom. The summed E-state index contributed by atoms with van der Waals surface area (Å²) in [6.45, 7) is 12.0. The number of amides is 1. The van der Waals surface area contributed by atoms with E-state index in [1.165, 1.54) is 0 Å². The van der Waals surface area contributed by atoms with Crippen LogP contribution in [0.3, 0.4) is 0 Å². The largest absolute Gasteiger partial charge is 0.508 e. The van der Waals surface area contributed by atoms with E-state index in [-0.39, 0.29) is 11.8 Å². The molecule has 0 spiro atoms. The van der Waals surface area contributed by atoms with Gasteiger partial charge in [-0.3, -0.25) is 9.69 Å². The van der Waals surface area contributed by atoms with E-state index in [9.17, 15) is 9.90 Å². The maximum absolute atomic E-state index is 12.6. The number of likely N-dealkylation sites (N-methyl/N-ethyl adjacent to an activating group) is 1. The molecule has 0 saturated carbocycles. The van der Waals surface area contributed by atoms with Crippen molar-refractivity contribution in [1.82, 2.24) is 9.80 Å². The van der Waals surface area contributed by atoms with Crippen LogP contribution in [0, 0.1) is 5.92 Å². The maximum Gasteiger partial charge on any atom is 0.226 e. The van der Waals surface area contributed by atoms with Crippen LogP contribution in [0.4, 0.5) is 0 Å². The van der Waals surface area contributed by atoms with Crippen molar-refractivity contribution in [2.45, 2.75) is 33.2 Å². The Bertz CT molecular complexity index is 548. The second-order valence-corrected chi connectivity index (χ2v) is 6.53. The van der Waals surface area contributed by atoms with Gasteiger partial charge in [-0.1, -0.05) is 24.3 Å². The van der Waals surface area contributed by atoms with E-state index < -0.39 is 0 Å². The molecule has 0 unspecified atom stereocenters. The van der Waals surface area contributed by atoms with Crippen LogP contribution >= 0.6 is 0 Å². The van der Waals surface area contributed by atoms with Crippen molar-refractivity contribution in [1.29, 1.82) is 0 Å². The molecular weight excluding hydrogens is 288 g/mol. The molecule has 23 heavy (non-hydrogen) atoms. The number of aromatic hydroxyl groups is 1. The first-order valence-corrected chi connectivity index (χ1v) is 8.43. The van der Waals surface area contributed by atoms with Gasteiger partial charge in [-0.25, -0.2) is 0 Å². The molecule has 126 valence electrons. The molecule has 1 aliphatic rings. The Kier molecular flexibility index (Phi) is 6.22. The van der Waals surface area contributed by atoms with Crippen molar-refractivity contribution in [2.75, 3.05) is 26.2 Å². The first kappa shape index (κ1) is 17.5. The third kappa shape index (κ3) is 5.10. The molecule has 0 aromatic heterocycles. The standard InChI is InChI=1S/C19H28N2O2/c1-4-21(13-15(2)3)19(23)17-8-10-20(11-9-17)14-16-6-5-7-18(22)12-16/h5-7,12,17,22H,2,4,8-11,13-14H2,1,3H3. The average Bonchev–Trinajstić information content (AvgIpc) is 2.52. The van der Waals surface area contributed by atoms with Crippen molar-refractivity contribution in [3.05, 3.63) is 42.0 Å². The number of phenolic OH excluding ortho intramolecular Hbond substituents is 1. The molecular formula is C19H28N2O2. The third-order valence-electron chi connectivity index (χ3n) is 4.41. The fourth-order valence-electron chi connectivity index (χ4n) is 3.18. The maximum atomic E-state index is 12.6. The van der Waals surface area contributed by atoms with Gasteiger partial charge in [0.25, 0.3) is 0 Å². The average molecular weight is 316 g/mol. The molecule has 1 aromatic carbocycles. The van der Waals surface area contributed by atoms with Crippen LogP contribution in [0.15, 0.2) is 36.4 Å². The Hall–Kier alpha value is -1.81. The lowest BCUT2D eigenvalue weighted by Gasteiger charge is -2.34. The van der Waals surface area contributed by atoms with E-state index in [4.69, 9.17) is 0 Å². The SMILES string of the molecule is C=C(C)CN(CC)C(=O)C1CCN(Cc2cccc(O)c2)CC1. The Balaban J connectivity index is 1.85. The molecule has 4 nitrogen and oxygen atoms in total. The zero-order valence-corrected chi connectivity index (χ0v) is 14.3.